The van der Waals surface area contributed by atoms with E-state index in [4.69, 9.17) is 26.3 Å². The van der Waals surface area contributed by atoms with E-state index in [0.717, 1.165) is 29.5 Å². The van der Waals surface area contributed by atoms with Gasteiger partial charge in [0.05, 0.1) is 16.9 Å². The summed E-state index contributed by atoms with van der Waals surface area (Å²) in [5, 5.41) is 0.541. The van der Waals surface area contributed by atoms with E-state index in [1.807, 2.05) is 71.4 Å². The third-order valence-corrected chi connectivity index (χ3v) is 7.04. The first-order chi connectivity index (χ1) is 15.4. The van der Waals surface area contributed by atoms with Gasteiger partial charge in [-0.05, 0) is 6.04 Å². The number of aliphatic imine (C=N–C) groups is 1. The smallest absolute Gasteiger partial charge is 0.171 e. The van der Waals surface area contributed by atoms with Gasteiger partial charge in [0.25, 0.3) is 0 Å². The van der Waals surface area contributed by atoms with Crippen molar-refractivity contribution < 1.29 is 4.74 Å². The summed E-state index contributed by atoms with van der Waals surface area (Å²) in [7, 11) is -1.13. The number of hydrogen-bond acceptors (Lipinski definition) is 4. The van der Waals surface area contributed by atoms with E-state index in [2.05, 4.69) is 24.6 Å². The normalized spacial score (nSPS) is 11.6. The molecule has 0 unspecified atom stereocenters. The molecule has 0 saturated carbocycles. The molecule has 7 heteroatoms. The average molecular weight is 463 g/mol. The molecule has 0 amide bonds. The molecule has 32 heavy (non-hydrogen) atoms. The molecule has 0 spiro atoms. The van der Waals surface area contributed by atoms with E-state index < -0.39 is 8.07 Å². The lowest BCUT2D eigenvalue weighted by atomic mass is 10.0. The van der Waals surface area contributed by atoms with Crippen LogP contribution in [-0.4, -0.2) is 34.9 Å². The molecule has 0 radical (unpaired) electrons. The summed E-state index contributed by atoms with van der Waals surface area (Å²) in [6, 6.07) is 21.3. The fourth-order valence-electron chi connectivity index (χ4n) is 3.30. The van der Waals surface area contributed by atoms with Gasteiger partial charge >= 0.3 is 0 Å². The molecule has 5 nitrogen and oxygen atoms in total. The Balaban J connectivity index is 1.64. The van der Waals surface area contributed by atoms with Crippen LogP contribution in [0.2, 0.25) is 30.7 Å². The molecule has 0 aliphatic carbocycles. The molecule has 4 rings (SSSR count). The van der Waals surface area contributed by atoms with Crippen LogP contribution >= 0.6 is 11.6 Å². The van der Waals surface area contributed by atoms with Crippen molar-refractivity contribution in [3.8, 4) is 0 Å². The largest absolute Gasteiger partial charge is 0.361 e. The van der Waals surface area contributed by atoms with Crippen molar-refractivity contribution in [2.45, 2.75) is 32.4 Å². The zero-order valence-electron chi connectivity index (χ0n) is 18.6. The molecule has 164 valence electrons. The summed E-state index contributed by atoms with van der Waals surface area (Å²) in [5.41, 5.74) is 4.19. The summed E-state index contributed by atoms with van der Waals surface area (Å²) >= 11 is 6.49. The first-order valence-corrected chi connectivity index (χ1v) is 14.8. The second-order valence-corrected chi connectivity index (χ2v) is 14.9. The first kappa shape index (κ1) is 22.4. The van der Waals surface area contributed by atoms with Gasteiger partial charge in [-0.25, -0.2) is 15.0 Å². The zero-order chi connectivity index (χ0) is 22.6. The van der Waals surface area contributed by atoms with Crippen LogP contribution in [0.3, 0.4) is 0 Å². The molecule has 0 atom stereocenters. The Kier molecular flexibility index (Phi) is 6.84. The zero-order valence-corrected chi connectivity index (χ0v) is 20.4. The highest BCUT2D eigenvalue weighted by atomic mass is 35.5. The van der Waals surface area contributed by atoms with Gasteiger partial charge in [0.15, 0.2) is 11.5 Å². The molecule has 4 aromatic rings. The van der Waals surface area contributed by atoms with Crippen molar-refractivity contribution >= 4 is 42.4 Å². The predicted octanol–water partition coefficient (Wildman–Crippen LogP) is 6.57. The average Bonchev–Trinajstić information content (AvgIpc) is 3.10. The van der Waals surface area contributed by atoms with E-state index in [-0.39, 0.29) is 0 Å². The number of aromatic nitrogens is 3. The minimum absolute atomic E-state index is 0.407. The second-order valence-electron chi connectivity index (χ2n) is 8.89. The number of ether oxygens (including phenoxy) is 1. The highest BCUT2D eigenvalue weighted by molar-refractivity contribution is 6.76. The third kappa shape index (κ3) is 5.51. The topological polar surface area (TPSA) is 52.3 Å². The number of halogens is 1. The molecule has 0 N–H and O–H groups in total. The maximum atomic E-state index is 6.49. The summed E-state index contributed by atoms with van der Waals surface area (Å²) in [5.74, 6) is 0.513. The van der Waals surface area contributed by atoms with E-state index >= 15 is 0 Å². The highest BCUT2D eigenvalue weighted by Gasteiger charge is 2.14. The number of hydrogen-bond donors (Lipinski definition) is 0. The van der Waals surface area contributed by atoms with Gasteiger partial charge in [0, 0.05) is 32.0 Å². The lowest BCUT2D eigenvalue weighted by molar-refractivity contribution is 0.0899. The maximum Gasteiger partial charge on any atom is 0.171 e. The Morgan fingerprint density at radius 3 is 2.22 bits per heavy atom. The number of fused-ring (bicyclic) bond motifs is 1. The number of nitrogens with zero attached hydrogens (tertiary/aromatic N) is 4. The molecule has 0 aliphatic rings. The molecular weight excluding hydrogens is 436 g/mol. The molecule has 2 heterocycles. The molecule has 0 bridgehead atoms. The van der Waals surface area contributed by atoms with Crippen LogP contribution in [0.1, 0.15) is 11.1 Å². The molecule has 0 saturated heterocycles. The Morgan fingerprint density at radius 2 is 1.62 bits per heavy atom. The second kappa shape index (κ2) is 9.77. The third-order valence-electron chi connectivity index (χ3n) is 5.06. The van der Waals surface area contributed by atoms with Gasteiger partial charge in [0.1, 0.15) is 12.2 Å². The van der Waals surface area contributed by atoms with Crippen LogP contribution < -0.4 is 0 Å². The van der Waals surface area contributed by atoms with Crippen molar-refractivity contribution in [2.75, 3.05) is 6.61 Å². The lowest BCUT2D eigenvalue weighted by Gasteiger charge is -2.15. The highest BCUT2D eigenvalue weighted by Crippen LogP contribution is 2.26. The maximum absolute atomic E-state index is 6.49. The van der Waals surface area contributed by atoms with E-state index in [1.54, 1.807) is 6.20 Å². The Hall–Kier alpha value is -2.80. The minimum Gasteiger partial charge on any atom is -0.361 e. The van der Waals surface area contributed by atoms with Crippen molar-refractivity contribution in [1.29, 1.82) is 0 Å². The SMILES string of the molecule is C[Si](C)(C)CCOCn1cc(Cl)c2nc(N=C(c3ccccc3)c3ccccc3)cnc21. The Bertz CT molecular complexity index is 1180. The van der Waals surface area contributed by atoms with Crippen LogP contribution in [0.5, 0.6) is 0 Å². The van der Waals surface area contributed by atoms with E-state index in [1.165, 1.54) is 0 Å². The van der Waals surface area contributed by atoms with Crippen molar-refractivity contribution in [3.05, 3.63) is 89.2 Å². The van der Waals surface area contributed by atoms with Crippen LogP contribution in [-0.2, 0) is 11.5 Å². The van der Waals surface area contributed by atoms with Crippen LogP contribution in [0, 0.1) is 0 Å². The van der Waals surface area contributed by atoms with Crippen molar-refractivity contribution in [1.82, 2.24) is 14.5 Å². The van der Waals surface area contributed by atoms with Crippen LogP contribution in [0.4, 0.5) is 5.82 Å². The first-order valence-electron chi connectivity index (χ1n) is 10.7. The van der Waals surface area contributed by atoms with Gasteiger partial charge < -0.3 is 9.30 Å². The Morgan fingerprint density at radius 1 is 1.00 bits per heavy atom. The molecular formula is C25H27ClN4OSi. The van der Waals surface area contributed by atoms with Crippen molar-refractivity contribution in [2.24, 2.45) is 4.99 Å². The lowest BCUT2D eigenvalue weighted by Crippen LogP contribution is -2.22. The van der Waals surface area contributed by atoms with Gasteiger partial charge in [-0.1, -0.05) is 91.9 Å². The Labute approximate surface area is 194 Å². The fourth-order valence-corrected chi connectivity index (χ4v) is 4.30. The molecule has 0 aliphatic heterocycles. The number of benzene rings is 2. The molecule has 2 aromatic carbocycles. The van der Waals surface area contributed by atoms with Crippen LogP contribution in [0.25, 0.3) is 11.2 Å². The van der Waals surface area contributed by atoms with Gasteiger partial charge in [-0.2, -0.15) is 0 Å². The standard InChI is InChI=1S/C25H27ClN4OSi/c1-32(2,3)15-14-31-18-30-17-21(26)24-25(30)27-16-22(29-24)28-23(19-10-6-4-7-11-19)20-12-8-5-9-13-20/h4-13,16-17H,14-15,18H2,1-3H3. The summed E-state index contributed by atoms with van der Waals surface area (Å²) < 4.78 is 7.77. The number of rotatable bonds is 8. The summed E-state index contributed by atoms with van der Waals surface area (Å²) in [6.45, 7) is 8.16. The van der Waals surface area contributed by atoms with Gasteiger partial charge in [-0.3, -0.25) is 0 Å². The molecule has 2 aromatic heterocycles. The summed E-state index contributed by atoms with van der Waals surface area (Å²) in [4.78, 5) is 14.2. The molecule has 0 fully saturated rings. The van der Waals surface area contributed by atoms with Crippen molar-refractivity contribution in [3.63, 3.8) is 0 Å². The predicted molar refractivity (Wildman–Crippen MR) is 135 cm³/mol. The fraction of sp³-hybridized carbons (Fsp3) is 0.240. The van der Waals surface area contributed by atoms with E-state index in [0.29, 0.717) is 28.7 Å². The summed E-state index contributed by atoms with van der Waals surface area (Å²) in [6.07, 6.45) is 3.51. The van der Waals surface area contributed by atoms with Gasteiger partial charge in [-0.15, -0.1) is 0 Å². The quantitative estimate of drug-likeness (QED) is 0.169. The van der Waals surface area contributed by atoms with Gasteiger partial charge in [0.2, 0.25) is 0 Å². The van der Waals surface area contributed by atoms with Crippen LogP contribution in [0.15, 0.2) is 78.0 Å². The monoisotopic (exact) mass is 462 g/mol. The minimum atomic E-state index is -1.13. The van der Waals surface area contributed by atoms with E-state index in [9.17, 15) is 0 Å².